The highest BCUT2D eigenvalue weighted by molar-refractivity contribution is 7.80. The van der Waals surface area contributed by atoms with Crippen molar-refractivity contribution in [2.45, 2.75) is 19.9 Å². The molecule has 1 N–H and O–H groups in total. The Morgan fingerprint density at radius 1 is 1.14 bits per heavy atom. The van der Waals surface area contributed by atoms with Gasteiger partial charge in [0.1, 0.15) is 6.61 Å². The average Bonchev–Trinajstić information content (AvgIpc) is 2.69. The standard InChI is InChI=1S/C22H23ClN2O3S/c1-14-6-4-5-7-18(14)20-19(21(26)28-13-12-27-3)15(2)25(22(29)24-20)17-10-8-16(23)9-11-17/h4-11,20H,12-13H2,1-3H3,(H,24,29). The third-order valence-electron chi connectivity index (χ3n) is 4.81. The number of allylic oxidation sites excluding steroid dienone is 1. The molecule has 0 bridgehead atoms. The van der Waals surface area contributed by atoms with Crippen molar-refractivity contribution in [3.63, 3.8) is 0 Å². The van der Waals surface area contributed by atoms with Crippen molar-refractivity contribution in [1.29, 1.82) is 0 Å². The highest BCUT2D eigenvalue weighted by Gasteiger charge is 2.36. The number of nitrogens with zero attached hydrogens (tertiary/aromatic N) is 1. The first-order valence-electron chi connectivity index (χ1n) is 9.22. The normalized spacial score (nSPS) is 16.6. The molecule has 1 aliphatic rings. The SMILES string of the molecule is COCCOC(=O)C1=C(C)N(c2ccc(Cl)cc2)C(=S)NC1c1ccccc1C. The van der Waals surface area contributed by atoms with Crippen LogP contribution in [0.5, 0.6) is 0 Å². The molecule has 5 nitrogen and oxygen atoms in total. The maximum absolute atomic E-state index is 13.0. The Bertz CT molecular complexity index is 943. The molecule has 3 rings (SSSR count). The van der Waals surface area contributed by atoms with E-state index >= 15 is 0 Å². The molecule has 7 heteroatoms. The first-order chi connectivity index (χ1) is 13.9. The number of carbonyl (C=O) groups excluding carboxylic acids is 1. The fourth-order valence-corrected chi connectivity index (χ4v) is 3.83. The molecule has 0 amide bonds. The fraction of sp³-hybridized carbons (Fsp3) is 0.273. The quantitative estimate of drug-likeness (QED) is 0.412. The van der Waals surface area contributed by atoms with Crippen LogP contribution in [0.25, 0.3) is 0 Å². The molecular formula is C22H23ClN2O3S. The van der Waals surface area contributed by atoms with Crippen molar-refractivity contribution in [3.05, 3.63) is 76.0 Å². The highest BCUT2D eigenvalue weighted by atomic mass is 35.5. The summed E-state index contributed by atoms with van der Waals surface area (Å²) < 4.78 is 10.5. The summed E-state index contributed by atoms with van der Waals surface area (Å²) >= 11 is 11.7. The lowest BCUT2D eigenvalue weighted by molar-refractivity contribution is -0.140. The third kappa shape index (κ3) is 4.61. The second kappa shape index (κ2) is 9.39. The van der Waals surface area contributed by atoms with Crippen LogP contribution in [0.3, 0.4) is 0 Å². The van der Waals surface area contributed by atoms with E-state index in [1.54, 1.807) is 19.2 Å². The second-order valence-electron chi connectivity index (χ2n) is 6.68. The van der Waals surface area contributed by atoms with Crippen molar-refractivity contribution in [3.8, 4) is 0 Å². The minimum Gasteiger partial charge on any atom is -0.460 e. The van der Waals surface area contributed by atoms with Crippen LogP contribution < -0.4 is 10.2 Å². The molecule has 0 aliphatic carbocycles. The summed E-state index contributed by atoms with van der Waals surface area (Å²) in [7, 11) is 1.57. The lowest BCUT2D eigenvalue weighted by atomic mass is 9.92. The molecule has 2 aromatic rings. The summed E-state index contributed by atoms with van der Waals surface area (Å²) in [6.07, 6.45) is 0. The zero-order valence-corrected chi connectivity index (χ0v) is 18.1. The number of hydrogen-bond acceptors (Lipinski definition) is 4. The largest absolute Gasteiger partial charge is 0.460 e. The van der Waals surface area contributed by atoms with Gasteiger partial charge in [-0.25, -0.2) is 4.79 Å². The topological polar surface area (TPSA) is 50.8 Å². The lowest BCUT2D eigenvalue weighted by Gasteiger charge is -2.38. The minimum absolute atomic E-state index is 0.179. The maximum atomic E-state index is 13.0. The van der Waals surface area contributed by atoms with E-state index in [1.165, 1.54) is 0 Å². The fourth-order valence-electron chi connectivity index (χ4n) is 3.35. The molecule has 0 saturated carbocycles. The third-order valence-corrected chi connectivity index (χ3v) is 5.36. The van der Waals surface area contributed by atoms with E-state index < -0.39 is 12.0 Å². The molecule has 0 spiro atoms. The Labute approximate surface area is 181 Å². The summed E-state index contributed by atoms with van der Waals surface area (Å²) in [5.41, 5.74) is 4.08. The van der Waals surface area contributed by atoms with Crippen LogP contribution in [-0.4, -0.2) is 31.4 Å². The minimum atomic E-state index is -0.401. The van der Waals surface area contributed by atoms with Crippen LogP contribution >= 0.6 is 23.8 Å². The molecule has 0 fully saturated rings. The van der Waals surface area contributed by atoms with Gasteiger partial charge >= 0.3 is 5.97 Å². The number of halogens is 1. The van der Waals surface area contributed by atoms with Gasteiger partial charge in [-0.2, -0.15) is 0 Å². The van der Waals surface area contributed by atoms with Crippen LogP contribution in [0.15, 0.2) is 59.8 Å². The van der Waals surface area contributed by atoms with Gasteiger partial charge in [0.25, 0.3) is 0 Å². The van der Waals surface area contributed by atoms with Gasteiger partial charge in [-0.3, -0.25) is 4.90 Å². The van der Waals surface area contributed by atoms with Crippen molar-refractivity contribution < 1.29 is 14.3 Å². The molecule has 152 valence electrons. The molecule has 0 aromatic heterocycles. The summed E-state index contributed by atoms with van der Waals surface area (Å²) in [4.78, 5) is 14.9. The number of anilines is 1. The van der Waals surface area contributed by atoms with Gasteiger partial charge in [0.15, 0.2) is 5.11 Å². The first kappa shape index (κ1) is 21.3. The number of ether oxygens (including phenoxy) is 2. The molecule has 1 aliphatic heterocycles. The van der Waals surface area contributed by atoms with Crippen LogP contribution in [0.4, 0.5) is 5.69 Å². The number of rotatable bonds is 6. The molecule has 1 atom stereocenters. The Morgan fingerprint density at radius 3 is 2.48 bits per heavy atom. The molecule has 0 saturated heterocycles. The van der Waals surface area contributed by atoms with Crippen molar-refractivity contribution in [2.75, 3.05) is 25.2 Å². The van der Waals surface area contributed by atoms with E-state index in [0.717, 1.165) is 16.8 Å². The predicted octanol–water partition coefficient (Wildman–Crippen LogP) is 4.55. The van der Waals surface area contributed by atoms with Crippen molar-refractivity contribution in [2.24, 2.45) is 0 Å². The number of methoxy groups -OCH3 is 1. The monoisotopic (exact) mass is 430 g/mol. The summed E-state index contributed by atoms with van der Waals surface area (Å²) in [5, 5.41) is 4.46. The van der Waals surface area contributed by atoms with E-state index in [-0.39, 0.29) is 6.61 Å². The van der Waals surface area contributed by atoms with Crippen LogP contribution in [0.1, 0.15) is 24.1 Å². The maximum Gasteiger partial charge on any atom is 0.338 e. The number of benzene rings is 2. The number of hydrogen-bond donors (Lipinski definition) is 1. The van der Waals surface area contributed by atoms with E-state index in [9.17, 15) is 4.79 Å². The number of nitrogens with one attached hydrogen (secondary N) is 1. The van der Waals surface area contributed by atoms with Crippen LogP contribution in [-0.2, 0) is 14.3 Å². The Morgan fingerprint density at radius 2 is 1.83 bits per heavy atom. The molecule has 1 unspecified atom stereocenters. The van der Waals surface area contributed by atoms with Crippen molar-refractivity contribution in [1.82, 2.24) is 5.32 Å². The predicted molar refractivity (Wildman–Crippen MR) is 119 cm³/mol. The van der Waals surface area contributed by atoms with E-state index in [2.05, 4.69) is 5.32 Å². The Kier molecular flexibility index (Phi) is 6.90. The number of thiocarbonyl (C=S) groups is 1. The lowest BCUT2D eigenvalue weighted by Crippen LogP contribution is -2.48. The Balaban J connectivity index is 2.08. The number of aryl methyl sites for hydroxylation is 1. The average molecular weight is 431 g/mol. The van der Waals surface area contributed by atoms with E-state index in [0.29, 0.717) is 28.0 Å². The summed E-state index contributed by atoms with van der Waals surface area (Å²) in [5.74, 6) is -0.401. The zero-order valence-electron chi connectivity index (χ0n) is 16.6. The Hall–Kier alpha value is -2.41. The van der Waals surface area contributed by atoms with Gasteiger partial charge in [0, 0.05) is 23.5 Å². The van der Waals surface area contributed by atoms with Crippen molar-refractivity contribution >= 4 is 40.6 Å². The molecule has 0 radical (unpaired) electrons. The van der Waals surface area contributed by atoms with Gasteiger partial charge in [0.05, 0.1) is 18.2 Å². The smallest absolute Gasteiger partial charge is 0.338 e. The van der Waals surface area contributed by atoms with Gasteiger partial charge in [-0.1, -0.05) is 35.9 Å². The van der Waals surface area contributed by atoms with E-state index in [4.69, 9.17) is 33.3 Å². The first-order valence-corrected chi connectivity index (χ1v) is 10.0. The molecular weight excluding hydrogens is 408 g/mol. The molecule has 29 heavy (non-hydrogen) atoms. The number of carbonyl (C=O) groups is 1. The van der Waals surface area contributed by atoms with Gasteiger partial charge in [0.2, 0.25) is 0 Å². The summed E-state index contributed by atoms with van der Waals surface area (Å²) in [6, 6.07) is 14.8. The summed E-state index contributed by atoms with van der Waals surface area (Å²) in [6.45, 7) is 4.40. The zero-order chi connectivity index (χ0) is 21.0. The molecule has 1 heterocycles. The number of esters is 1. The van der Waals surface area contributed by atoms with Gasteiger partial charge in [-0.05, 0) is 61.5 Å². The van der Waals surface area contributed by atoms with Gasteiger partial charge < -0.3 is 14.8 Å². The van der Waals surface area contributed by atoms with E-state index in [1.807, 2.05) is 55.1 Å². The van der Waals surface area contributed by atoms with Crippen LogP contribution in [0.2, 0.25) is 5.02 Å². The highest BCUT2D eigenvalue weighted by Crippen LogP contribution is 2.35. The van der Waals surface area contributed by atoms with Crippen LogP contribution in [0, 0.1) is 6.92 Å². The molecule has 2 aromatic carbocycles. The second-order valence-corrected chi connectivity index (χ2v) is 7.50. The van der Waals surface area contributed by atoms with Gasteiger partial charge in [-0.15, -0.1) is 0 Å².